The van der Waals surface area contributed by atoms with Crippen molar-refractivity contribution < 1.29 is 9.53 Å². The first kappa shape index (κ1) is 26.3. The van der Waals surface area contributed by atoms with Gasteiger partial charge in [-0.25, -0.2) is 4.68 Å². The fourth-order valence-electron chi connectivity index (χ4n) is 4.75. The van der Waals surface area contributed by atoms with Crippen LogP contribution in [0.3, 0.4) is 0 Å². The zero-order valence-electron chi connectivity index (χ0n) is 21.5. The van der Waals surface area contributed by atoms with Crippen LogP contribution in [-0.2, 0) is 11.4 Å². The summed E-state index contributed by atoms with van der Waals surface area (Å²) in [5, 5.41) is 18.4. The van der Waals surface area contributed by atoms with E-state index in [1.807, 2.05) is 85.1 Å². The van der Waals surface area contributed by atoms with Crippen LogP contribution < -0.4 is 10.1 Å². The Labute approximate surface area is 233 Å². The molecule has 1 saturated carbocycles. The number of para-hydroxylation sites is 1. The molecule has 3 aromatic carbocycles. The van der Waals surface area contributed by atoms with Gasteiger partial charge in [-0.1, -0.05) is 79.4 Å². The van der Waals surface area contributed by atoms with Crippen LogP contribution in [-0.4, -0.2) is 21.7 Å². The number of amides is 1. The first-order valence-electron chi connectivity index (χ1n) is 13.1. The quantitative estimate of drug-likeness (QED) is 0.192. The predicted octanol–water partition coefficient (Wildman–Crippen LogP) is 7.13. The number of ether oxygens (including phenoxy) is 1. The third-order valence-corrected chi connectivity index (χ3v) is 7.20. The molecule has 0 bridgehead atoms. The molecule has 1 aromatic heterocycles. The molecule has 0 atom stereocenters. The number of carbonyl (C=O) groups excluding carboxylic acids is 1. The predicted molar refractivity (Wildman–Crippen MR) is 153 cm³/mol. The summed E-state index contributed by atoms with van der Waals surface area (Å²) in [5.74, 6) is 0.312. The average Bonchev–Trinajstić information content (AvgIpc) is 3.40. The second kappa shape index (κ2) is 12.5. The van der Waals surface area contributed by atoms with E-state index >= 15 is 0 Å². The third-order valence-electron chi connectivity index (χ3n) is 6.83. The lowest BCUT2D eigenvalue weighted by Crippen LogP contribution is -2.36. The molecule has 1 heterocycles. The van der Waals surface area contributed by atoms with Gasteiger partial charge in [0.05, 0.1) is 5.69 Å². The van der Waals surface area contributed by atoms with E-state index in [1.165, 1.54) is 6.42 Å². The lowest BCUT2D eigenvalue weighted by molar-refractivity contribution is -0.117. The summed E-state index contributed by atoms with van der Waals surface area (Å²) < 4.78 is 7.80. The Kier molecular flexibility index (Phi) is 8.40. The van der Waals surface area contributed by atoms with Crippen molar-refractivity contribution in [2.45, 2.75) is 44.8 Å². The van der Waals surface area contributed by atoms with Crippen LogP contribution in [0, 0.1) is 11.3 Å². The van der Waals surface area contributed by atoms with Gasteiger partial charge in [0.15, 0.2) is 0 Å². The topological polar surface area (TPSA) is 79.9 Å². The Bertz CT molecular complexity index is 1510. The van der Waals surface area contributed by atoms with Crippen molar-refractivity contribution in [2.75, 3.05) is 0 Å². The zero-order chi connectivity index (χ0) is 27.0. The SMILES string of the molecule is N#C/C(=C/c1cn(-c2ccccc2)nc1-c1cccc(OCc2ccccc2Cl)c1)C(=O)NC1CCCCC1. The smallest absolute Gasteiger partial charge is 0.262 e. The van der Waals surface area contributed by atoms with Gasteiger partial charge in [-0.2, -0.15) is 10.4 Å². The molecule has 1 aliphatic carbocycles. The molecular weight excluding hydrogens is 508 g/mol. The molecule has 0 saturated heterocycles. The Morgan fingerprint density at radius 3 is 2.59 bits per heavy atom. The van der Waals surface area contributed by atoms with Gasteiger partial charge in [0.25, 0.3) is 5.91 Å². The van der Waals surface area contributed by atoms with Crippen molar-refractivity contribution in [3.05, 3.63) is 107 Å². The molecule has 0 unspecified atom stereocenters. The van der Waals surface area contributed by atoms with E-state index in [1.54, 1.807) is 10.8 Å². The van der Waals surface area contributed by atoms with Crippen LogP contribution >= 0.6 is 11.6 Å². The molecular formula is C32H29ClN4O2. The van der Waals surface area contributed by atoms with E-state index in [-0.39, 0.29) is 17.5 Å². The summed E-state index contributed by atoms with van der Waals surface area (Å²) in [7, 11) is 0. The standard InChI is InChI=1S/C32H29ClN4O2/c33-30-17-8-7-10-24(30)22-39-29-16-9-11-23(19-29)31-26(21-37(36-31)28-14-5-2-6-15-28)18-25(20-34)32(38)35-27-12-3-1-4-13-27/h2,5-11,14-19,21,27H,1,3-4,12-13,22H2,(H,35,38)/b25-18-. The molecule has 6 nitrogen and oxygen atoms in total. The van der Waals surface area contributed by atoms with Gasteiger partial charge < -0.3 is 10.1 Å². The highest BCUT2D eigenvalue weighted by Crippen LogP contribution is 2.29. The number of nitriles is 1. The molecule has 39 heavy (non-hydrogen) atoms. The van der Waals surface area contributed by atoms with Crippen LogP contribution in [0.15, 0.2) is 90.6 Å². The van der Waals surface area contributed by atoms with Crippen LogP contribution in [0.1, 0.15) is 43.2 Å². The summed E-state index contributed by atoms with van der Waals surface area (Å²) in [6.45, 7) is 0.328. The zero-order valence-corrected chi connectivity index (χ0v) is 22.3. The highest BCUT2D eigenvalue weighted by molar-refractivity contribution is 6.31. The molecule has 1 amide bonds. The minimum atomic E-state index is -0.348. The Balaban J connectivity index is 1.47. The number of hydrogen-bond donors (Lipinski definition) is 1. The van der Waals surface area contributed by atoms with Crippen LogP contribution in [0.5, 0.6) is 5.75 Å². The molecule has 4 aromatic rings. The van der Waals surface area contributed by atoms with E-state index < -0.39 is 0 Å². The average molecular weight is 537 g/mol. The number of aromatic nitrogens is 2. The molecule has 1 fully saturated rings. The summed E-state index contributed by atoms with van der Waals surface area (Å²) in [4.78, 5) is 13.0. The maximum absolute atomic E-state index is 13.0. The first-order valence-corrected chi connectivity index (χ1v) is 13.5. The fraction of sp³-hybridized carbons (Fsp3) is 0.219. The van der Waals surface area contributed by atoms with E-state index in [0.29, 0.717) is 28.6 Å². The maximum atomic E-state index is 13.0. The highest BCUT2D eigenvalue weighted by atomic mass is 35.5. The van der Waals surface area contributed by atoms with E-state index in [2.05, 4.69) is 11.4 Å². The molecule has 1 aliphatic rings. The number of hydrogen-bond acceptors (Lipinski definition) is 4. The molecule has 0 spiro atoms. The Morgan fingerprint density at radius 2 is 1.82 bits per heavy atom. The third kappa shape index (κ3) is 6.57. The fourth-order valence-corrected chi connectivity index (χ4v) is 4.94. The summed E-state index contributed by atoms with van der Waals surface area (Å²) in [6.07, 6.45) is 8.74. The highest BCUT2D eigenvalue weighted by Gasteiger charge is 2.20. The van der Waals surface area contributed by atoms with Gasteiger partial charge in [-0.05, 0) is 49.2 Å². The van der Waals surface area contributed by atoms with E-state index in [9.17, 15) is 10.1 Å². The van der Waals surface area contributed by atoms with Crippen LogP contribution in [0.25, 0.3) is 23.0 Å². The second-order valence-electron chi connectivity index (χ2n) is 9.60. The lowest BCUT2D eigenvalue weighted by Gasteiger charge is -2.22. The van der Waals surface area contributed by atoms with Gasteiger partial charge in [0, 0.05) is 34.0 Å². The van der Waals surface area contributed by atoms with Gasteiger partial charge in [0.2, 0.25) is 0 Å². The number of nitrogens with one attached hydrogen (secondary N) is 1. The normalized spacial score (nSPS) is 14.0. The number of benzene rings is 3. The summed E-state index contributed by atoms with van der Waals surface area (Å²) in [5.41, 5.74) is 3.93. The van der Waals surface area contributed by atoms with Crippen molar-refractivity contribution in [3.63, 3.8) is 0 Å². The molecule has 0 radical (unpaired) electrons. The van der Waals surface area contributed by atoms with Crippen molar-refractivity contribution in [1.82, 2.24) is 15.1 Å². The molecule has 5 rings (SSSR count). The number of rotatable bonds is 8. The van der Waals surface area contributed by atoms with Gasteiger partial charge in [0.1, 0.15) is 29.7 Å². The number of nitrogens with zero attached hydrogens (tertiary/aromatic N) is 3. The minimum absolute atomic E-state index is 0.0561. The lowest BCUT2D eigenvalue weighted by atomic mass is 9.95. The van der Waals surface area contributed by atoms with E-state index in [0.717, 1.165) is 42.5 Å². The second-order valence-corrected chi connectivity index (χ2v) is 10.0. The molecule has 0 aliphatic heterocycles. The Hall–Kier alpha value is -4.34. The maximum Gasteiger partial charge on any atom is 0.262 e. The van der Waals surface area contributed by atoms with Crippen LogP contribution in [0.2, 0.25) is 5.02 Å². The van der Waals surface area contributed by atoms with Crippen molar-refractivity contribution in [1.29, 1.82) is 5.26 Å². The summed E-state index contributed by atoms with van der Waals surface area (Å²) >= 11 is 6.29. The van der Waals surface area contributed by atoms with Gasteiger partial charge >= 0.3 is 0 Å². The van der Waals surface area contributed by atoms with Crippen LogP contribution in [0.4, 0.5) is 0 Å². The molecule has 196 valence electrons. The molecule has 7 heteroatoms. The largest absolute Gasteiger partial charge is 0.489 e. The van der Waals surface area contributed by atoms with Gasteiger partial charge in [-0.15, -0.1) is 0 Å². The first-order chi connectivity index (χ1) is 19.1. The Morgan fingerprint density at radius 1 is 1.05 bits per heavy atom. The minimum Gasteiger partial charge on any atom is -0.489 e. The van der Waals surface area contributed by atoms with Crippen molar-refractivity contribution in [2.24, 2.45) is 0 Å². The van der Waals surface area contributed by atoms with Gasteiger partial charge in [-0.3, -0.25) is 4.79 Å². The molecule has 1 N–H and O–H groups in total. The van der Waals surface area contributed by atoms with E-state index in [4.69, 9.17) is 21.4 Å². The van der Waals surface area contributed by atoms with Crippen molar-refractivity contribution in [3.8, 4) is 28.8 Å². The summed E-state index contributed by atoms with van der Waals surface area (Å²) in [6, 6.07) is 27.1. The van der Waals surface area contributed by atoms with Crippen molar-refractivity contribution >= 4 is 23.6 Å². The monoisotopic (exact) mass is 536 g/mol. The number of carbonyl (C=O) groups is 1. The number of halogens is 1.